The third kappa shape index (κ3) is 2.26. The summed E-state index contributed by atoms with van der Waals surface area (Å²) in [6, 6.07) is 1.99. The summed E-state index contributed by atoms with van der Waals surface area (Å²) in [6.45, 7) is 4.34. The van der Waals surface area contributed by atoms with Gasteiger partial charge in [0.25, 0.3) is 0 Å². The van der Waals surface area contributed by atoms with Crippen LogP contribution in [-0.4, -0.2) is 30.3 Å². The summed E-state index contributed by atoms with van der Waals surface area (Å²) in [7, 11) is 4.10. The van der Waals surface area contributed by atoms with Gasteiger partial charge < -0.3 is 0 Å². The number of rotatable bonds is 3. The van der Waals surface area contributed by atoms with Gasteiger partial charge in [0.2, 0.25) is 0 Å². The van der Waals surface area contributed by atoms with Crippen molar-refractivity contribution in [2.75, 3.05) is 14.1 Å². The summed E-state index contributed by atoms with van der Waals surface area (Å²) >= 11 is 1.67. The SMILES string of the molecule is Cc1sccc1C(=O)C1(N(C)C)CCC(C)CC1. The number of carbonyl (C=O) groups is 1. The van der Waals surface area contributed by atoms with E-state index in [2.05, 4.69) is 25.9 Å². The molecule has 0 spiro atoms. The molecule has 0 atom stereocenters. The quantitative estimate of drug-likeness (QED) is 0.776. The fourth-order valence-corrected chi connectivity index (χ4v) is 3.68. The molecular formula is C15H23NOS. The van der Waals surface area contributed by atoms with Crippen LogP contribution in [0.3, 0.4) is 0 Å². The van der Waals surface area contributed by atoms with Crippen LogP contribution in [0.4, 0.5) is 0 Å². The Balaban J connectivity index is 2.31. The first-order chi connectivity index (χ1) is 8.47. The van der Waals surface area contributed by atoms with E-state index < -0.39 is 0 Å². The van der Waals surface area contributed by atoms with Crippen LogP contribution in [0, 0.1) is 12.8 Å². The van der Waals surface area contributed by atoms with Crippen molar-refractivity contribution in [3.05, 3.63) is 21.9 Å². The van der Waals surface area contributed by atoms with Gasteiger partial charge in [0.15, 0.2) is 5.78 Å². The van der Waals surface area contributed by atoms with E-state index in [9.17, 15) is 4.79 Å². The Bertz CT molecular complexity index is 427. The molecular weight excluding hydrogens is 242 g/mol. The Morgan fingerprint density at radius 1 is 1.39 bits per heavy atom. The third-order valence-electron chi connectivity index (χ3n) is 4.48. The van der Waals surface area contributed by atoms with Crippen LogP contribution in [0.1, 0.15) is 47.8 Å². The van der Waals surface area contributed by atoms with Crippen molar-refractivity contribution >= 4 is 17.1 Å². The zero-order chi connectivity index (χ0) is 13.3. The zero-order valence-corrected chi connectivity index (χ0v) is 12.6. The molecule has 0 amide bonds. The van der Waals surface area contributed by atoms with E-state index in [1.807, 2.05) is 18.4 Å². The number of thiophene rings is 1. The second kappa shape index (κ2) is 5.14. The molecule has 0 radical (unpaired) electrons. The first-order valence-electron chi connectivity index (χ1n) is 6.73. The Morgan fingerprint density at radius 3 is 2.44 bits per heavy atom. The van der Waals surface area contributed by atoms with Gasteiger partial charge in [0, 0.05) is 10.4 Å². The lowest BCUT2D eigenvalue weighted by molar-refractivity contribution is 0.0513. The lowest BCUT2D eigenvalue weighted by Gasteiger charge is -2.43. The van der Waals surface area contributed by atoms with Gasteiger partial charge in [-0.25, -0.2) is 0 Å². The summed E-state index contributed by atoms with van der Waals surface area (Å²) in [5.41, 5.74) is 0.668. The highest BCUT2D eigenvalue weighted by Gasteiger charge is 2.43. The fourth-order valence-electron chi connectivity index (χ4n) is 2.99. The Hall–Kier alpha value is -0.670. The topological polar surface area (TPSA) is 20.3 Å². The molecule has 1 aliphatic rings. The third-order valence-corrected chi connectivity index (χ3v) is 5.33. The molecule has 0 N–H and O–H groups in total. The molecule has 0 aromatic carbocycles. The minimum absolute atomic E-state index is 0.266. The van der Waals surface area contributed by atoms with Gasteiger partial charge in [-0.3, -0.25) is 9.69 Å². The number of hydrogen-bond acceptors (Lipinski definition) is 3. The average molecular weight is 265 g/mol. The summed E-state index contributed by atoms with van der Waals surface area (Å²) in [4.78, 5) is 16.2. The first kappa shape index (κ1) is 13.8. The molecule has 1 aromatic rings. The Morgan fingerprint density at radius 2 is 2.00 bits per heavy atom. The van der Waals surface area contributed by atoms with Crippen LogP contribution in [0.25, 0.3) is 0 Å². The maximum atomic E-state index is 12.9. The summed E-state index contributed by atoms with van der Waals surface area (Å²) in [5.74, 6) is 1.09. The van der Waals surface area contributed by atoms with Crippen molar-refractivity contribution < 1.29 is 4.79 Å². The molecule has 0 bridgehead atoms. The van der Waals surface area contributed by atoms with E-state index in [0.29, 0.717) is 5.78 Å². The fraction of sp³-hybridized carbons (Fsp3) is 0.667. The van der Waals surface area contributed by atoms with Gasteiger partial charge in [0.1, 0.15) is 0 Å². The van der Waals surface area contributed by atoms with Gasteiger partial charge in [-0.05, 0) is 64.1 Å². The van der Waals surface area contributed by atoms with E-state index in [1.165, 1.54) is 0 Å². The molecule has 1 aliphatic carbocycles. The number of likely N-dealkylation sites (N-methyl/N-ethyl adjacent to an activating group) is 1. The van der Waals surface area contributed by atoms with Gasteiger partial charge in [-0.2, -0.15) is 0 Å². The van der Waals surface area contributed by atoms with Crippen LogP contribution < -0.4 is 0 Å². The van der Waals surface area contributed by atoms with Gasteiger partial charge >= 0.3 is 0 Å². The van der Waals surface area contributed by atoms with Crippen molar-refractivity contribution in [1.29, 1.82) is 0 Å². The van der Waals surface area contributed by atoms with Crippen LogP contribution in [0.5, 0.6) is 0 Å². The van der Waals surface area contributed by atoms with E-state index >= 15 is 0 Å². The molecule has 2 rings (SSSR count). The number of nitrogens with zero attached hydrogens (tertiary/aromatic N) is 1. The predicted molar refractivity (Wildman–Crippen MR) is 77.4 cm³/mol. The number of hydrogen-bond donors (Lipinski definition) is 0. The van der Waals surface area contributed by atoms with E-state index in [0.717, 1.165) is 42.0 Å². The molecule has 1 fully saturated rings. The summed E-state index contributed by atoms with van der Waals surface area (Å²) in [5, 5.41) is 2.03. The molecule has 2 nitrogen and oxygen atoms in total. The van der Waals surface area contributed by atoms with Crippen molar-refractivity contribution in [2.24, 2.45) is 5.92 Å². The molecule has 1 heterocycles. The lowest BCUT2D eigenvalue weighted by atomic mass is 9.72. The maximum Gasteiger partial charge on any atom is 0.184 e. The van der Waals surface area contributed by atoms with Gasteiger partial charge in [0.05, 0.1) is 5.54 Å². The standard InChI is InChI=1S/C15H23NOS/c1-11-5-8-15(9-6-11,16(3)4)14(17)13-7-10-18-12(13)2/h7,10-11H,5-6,8-9H2,1-4H3. The number of carbonyl (C=O) groups excluding carboxylic acids is 1. The highest BCUT2D eigenvalue weighted by molar-refractivity contribution is 7.10. The smallest absolute Gasteiger partial charge is 0.184 e. The second-order valence-electron chi connectivity index (χ2n) is 5.83. The molecule has 0 saturated heterocycles. The minimum Gasteiger partial charge on any atom is -0.297 e. The monoisotopic (exact) mass is 265 g/mol. The molecule has 3 heteroatoms. The second-order valence-corrected chi connectivity index (χ2v) is 6.95. The van der Waals surface area contributed by atoms with Crippen LogP contribution in [-0.2, 0) is 0 Å². The van der Waals surface area contributed by atoms with E-state index in [-0.39, 0.29) is 5.54 Å². The average Bonchev–Trinajstić information content (AvgIpc) is 2.75. The van der Waals surface area contributed by atoms with Crippen molar-refractivity contribution in [1.82, 2.24) is 4.90 Å². The predicted octanol–water partition coefficient (Wildman–Crippen LogP) is 3.75. The van der Waals surface area contributed by atoms with Crippen molar-refractivity contribution in [2.45, 2.75) is 45.1 Å². The highest BCUT2D eigenvalue weighted by atomic mass is 32.1. The molecule has 0 unspecified atom stereocenters. The van der Waals surface area contributed by atoms with Crippen LogP contribution in [0.15, 0.2) is 11.4 Å². The van der Waals surface area contributed by atoms with Crippen LogP contribution >= 0.6 is 11.3 Å². The number of ketones is 1. The van der Waals surface area contributed by atoms with Crippen molar-refractivity contribution in [3.63, 3.8) is 0 Å². The first-order valence-corrected chi connectivity index (χ1v) is 7.61. The van der Waals surface area contributed by atoms with Crippen LogP contribution in [0.2, 0.25) is 0 Å². The molecule has 1 saturated carbocycles. The summed E-state index contributed by atoms with van der Waals surface area (Å²) in [6.07, 6.45) is 4.31. The number of Topliss-reactive ketones (excluding diaryl/α,β-unsaturated/α-hetero) is 1. The van der Waals surface area contributed by atoms with Gasteiger partial charge in [-0.15, -0.1) is 11.3 Å². The number of aryl methyl sites for hydroxylation is 1. The lowest BCUT2D eigenvalue weighted by Crippen LogP contribution is -2.53. The van der Waals surface area contributed by atoms with E-state index in [4.69, 9.17) is 0 Å². The molecule has 0 aliphatic heterocycles. The maximum absolute atomic E-state index is 12.9. The summed E-state index contributed by atoms with van der Waals surface area (Å²) < 4.78 is 0. The molecule has 1 aromatic heterocycles. The normalized spacial score (nSPS) is 28.6. The minimum atomic E-state index is -0.266. The van der Waals surface area contributed by atoms with Crippen molar-refractivity contribution in [3.8, 4) is 0 Å². The molecule has 100 valence electrons. The van der Waals surface area contributed by atoms with E-state index in [1.54, 1.807) is 11.3 Å². The highest BCUT2D eigenvalue weighted by Crippen LogP contribution is 2.38. The Labute approximate surface area is 114 Å². The van der Waals surface area contributed by atoms with Gasteiger partial charge in [-0.1, -0.05) is 6.92 Å². The Kier molecular flexibility index (Phi) is 3.93. The zero-order valence-electron chi connectivity index (χ0n) is 11.8. The molecule has 18 heavy (non-hydrogen) atoms. The largest absolute Gasteiger partial charge is 0.297 e.